The topological polar surface area (TPSA) is 51.4 Å². The molecule has 4 nitrogen and oxygen atoms in total. The monoisotopic (exact) mass is 265 g/mol. The van der Waals surface area contributed by atoms with Gasteiger partial charge in [-0.05, 0) is 32.9 Å². The van der Waals surface area contributed by atoms with Gasteiger partial charge in [-0.3, -0.25) is 0 Å². The molecule has 2 heterocycles. The van der Waals surface area contributed by atoms with Crippen molar-refractivity contribution in [2.24, 2.45) is 5.73 Å². The number of ether oxygens (including phenoxy) is 1. The molecule has 1 fully saturated rings. The molecule has 0 aliphatic carbocycles. The van der Waals surface area contributed by atoms with Crippen LogP contribution in [0.3, 0.4) is 0 Å². The molecule has 1 aliphatic rings. The number of anilines is 1. The van der Waals surface area contributed by atoms with E-state index in [1.165, 1.54) is 0 Å². The van der Waals surface area contributed by atoms with Crippen LogP contribution in [0.1, 0.15) is 25.1 Å². The van der Waals surface area contributed by atoms with Gasteiger partial charge in [-0.1, -0.05) is 12.2 Å². The number of thiocarbonyl (C=S) groups is 1. The molecule has 0 bridgehead atoms. The first kappa shape index (κ1) is 13.2. The lowest BCUT2D eigenvalue weighted by atomic mass is 10.2. The van der Waals surface area contributed by atoms with E-state index < -0.39 is 0 Å². The van der Waals surface area contributed by atoms with Gasteiger partial charge in [0.05, 0.1) is 12.2 Å². The quantitative estimate of drug-likeness (QED) is 0.824. The highest BCUT2D eigenvalue weighted by atomic mass is 32.1. The maximum absolute atomic E-state index is 5.73. The molecule has 0 saturated carbocycles. The lowest BCUT2D eigenvalue weighted by Crippen LogP contribution is -2.46. The first-order valence-electron chi connectivity index (χ1n) is 6.14. The van der Waals surface area contributed by atoms with Gasteiger partial charge in [0.1, 0.15) is 10.8 Å². The van der Waals surface area contributed by atoms with E-state index in [1.807, 2.05) is 19.1 Å². The molecule has 5 heteroatoms. The van der Waals surface area contributed by atoms with Gasteiger partial charge in [-0.15, -0.1) is 0 Å². The third kappa shape index (κ3) is 2.97. The summed E-state index contributed by atoms with van der Waals surface area (Å²) in [6.45, 7) is 7.80. The molecule has 1 aliphatic heterocycles. The Morgan fingerprint density at radius 2 is 2.00 bits per heavy atom. The molecule has 0 spiro atoms. The van der Waals surface area contributed by atoms with Gasteiger partial charge in [0.25, 0.3) is 0 Å². The Morgan fingerprint density at radius 3 is 2.56 bits per heavy atom. The molecule has 98 valence electrons. The van der Waals surface area contributed by atoms with Crippen molar-refractivity contribution >= 4 is 23.0 Å². The van der Waals surface area contributed by atoms with Crippen LogP contribution in [-0.2, 0) is 4.74 Å². The highest BCUT2D eigenvalue weighted by Crippen LogP contribution is 2.20. The van der Waals surface area contributed by atoms with Gasteiger partial charge in [-0.25, -0.2) is 4.98 Å². The third-order valence-corrected chi connectivity index (χ3v) is 3.20. The van der Waals surface area contributed by atoms with Crippen LogP contribution in [0.4, 0.5) is 5.82 Å². The minimum Gasteiger partial charge on any atom is -0.389 e. The summed E-state index contributed by atoms with van der Waals surface area (Å²) in [5.74, 6) is 0.930. The van der Waals surface area contributed by atoms with Crippen LogP contribution >= 0.6 is 12.2 Å². The zero-order valence-electron chi connectivity index (χ0n) is 11.0. The van der Waals surface area contributed by atoms with Crippen molar-refractivity contribution < 1.29 is 4.74 Å². The second-order valence-corrected chi connectivity index (χ2v) is 5.32. The van der Waals surface area contributed by atoms with Crippen molar-refractivity contribution in [3.63, 3.8) is 0 Å². The van der Waals surface area contributed by atoms with Crippen molar-refractivity contribution in [3.05, 3.63) is 23.4 Å². The largest absolute Gasteiger partial charge is 0.389 e. The summed E-state index contributed by atoms with van der Waals surface area (Å²) in [5.41, 5.74) is 7.50. The summed E-state index contributed by atoms with van der Waals surface area (Å²) in [6.07, 6.45) is 0.425. The fourth-order valence-corrected chi connectivity index (χ4v) is 2.44. The number of aromatic nitrogens is 1. The van der Waals surface area contributed by atoms with Crippen molar-refractivity contribution in [1.29, 1.82) is 0 Å². The lowest BCUT2D eigenvalue weighted by molar-refractivity contribution is -0.00546. The van der Waals surface area contributed by atoms with Crippen molar-refractivity contribution in [1.82, 2.24) is 4.98 Å². The summed E-state index contributed by atoms with van der Waals surface area (Å²) < 4.78 is 5.73. The van der Waals surface area contributed by atoms with E-state index in [2.05, 4.69) is 23.7 Å². The van der Waals surface area contributed by atoms with Crippen LogP contribution in [0, 0.1) is 6.92 Å². The maximum Gasteiger partial charge on any atom is 0.129 e. The van der Waals surface area contributed by atoms with Gasteiger partial charge in [0, 0.05) is 24.3 Å². The maximum atomic E-state index is 5.73. The minimum atomic E-state index is 0.212. The van der Waals surface area contributed by atoms with E-state index in [0.29, 0.717) is 4.99 Å². The first-order chi connectivity index (χ1) is 8.45. The number of rotatable bonds is 2. The van der Waals surface area contributed by atoms with E-state index >= 15 is 0 Å². The number of hydrogen-bond donors (Lipinski definition) is 1. The highest BCUT2D eigenvalue weighted by Gasteiger charge is 2.23. The van der Waals surface area contributed by atoms with Crippen LogP contribution in [0.5, 0.6) is 0 Å². The van der Waals surface area contributed by atoms with E-state index in [4.69, 9.17) is 22.7 Å². The molecule has 0 radical (unpaired) electrons. The van der Waals surface area contributed by atoms with Crippen molar-refractivity contribution in [2.45, 2.75) is 33.0 Å². The molecule has 2 N–H and O–H groups in total. The normalized spacial score (nSPS) is 24.1. The summed E-state index contributed by atoms with van der Waals surface area (Å²) in [7, 11) is 0. The molecule has 1 aromatic heterocycles. The fraction of sp³-hybridized carbons (Fsp3) is 0.538. The minimum absolute atomic E-state index is 0.212. The summed E-state index contributed by atoms with van der Waals surface area (Å²) in [6, 6.07) is 3.87. The van der Waals surface area contributed by atoms with Crippen LogP contribution in [-0.4, -0.2) is 35.3 Å². The number of nitrogens with two attached hydrogens (primary N) is 1. The Labute approximate surface area is 113 Å². The van der Waals surface area contributed by atoms with Crippen LogP contribution in [0.25, 0.3) is 0 Å². The Hall–Kier alpha value is -1.20. The average molecular weight is 265 g/mol. The molecule has 1 saturated heterocycles. The molecular formula is C13H19N3OS. The van der Waals surface area contributed by atoms with Gasteiger partial charge in [-0.2, -0.15) is 0 Å². The highest BCUT2D eigenvalue weighted by molar-refractivity contribution is 7.80. The number of pyridine rings is 1. The van der Waals surface area contributed by atoms with E-state index in [0.717, 1.165) is 30.2 Å². The fourth-order valence-electron chi connectivity index (χ4n) is 2.32. The van der Waals surface area contributed by atoms with E-state index in [-0.39, 0.29) is 12.2 Å². The second kappa shape index (κ2) is 5.20. The predicted molar refractivity (Wildman–Crippen MR) is 77.1 cm³/mol. The zero-order valence-corrected chi connectivity index (χ0v) is 11.8. The summed E-state index contributed by atoms with van der Waals surface area (Å²) in [5, 5.41) is 0. The van der Waals surface area contributed by atoms with E-state index in [1.54, 1.807) is 0 Å². The number of hydrogen-bond acceptors (Lipinski definition) is 4. The summed E-state index contributed by atoms with van der Waals surface area (Å²) in [4.78, 5) is 7.21. The standard InChI is InChI=1S/C13H19N3OS/c1-8-4-11(13(14)18)5-12(15-8)16-6-9(2)17-10(3)7-16/h4-5,9-10H,6-7H2,1-3H3,(H2,14,18). The number of morpholine rings is 1. The van der Waals surface area contributed by atoms with Gasteiger partial charge in [0.15, 0.2) is 0 Å². The smallest absolute Gasteiger partial charge is 0.129 e. The Balaban J connectivity index is 2.29. The van der Waals surface area contributed by atoms with E-state index in [9.17, 15) is 0 Å². The molecule has 2 rings (SSSR count). The Morgan fingerprint density at radius 1 is 1.39 bits per heavy atom. The van der Waals surface area contributed by atoms with Crippen molar-refractivity contribution in [3.8, 4) is 0 Å². The van der Waals surface area contributed by atoms with Crippen LogP contribution in [0.2, 0.25) is 0 Å². The zero-order chi connectivity index (χ0) is 13.3. The molecular weight excluding hydrogens is 246 g/mol. The molecule has 1 aromatic rings. The molecule has 2 atom stereocenters. The Bertz CT molecular complexity index is 454. The van der Waals surface area contributed by atoms with Crippen LogP contribution in [0.15, 0.2) is 12.1 Å². The van der Waals surface area contributed by atoms with Gasteiger partial charge < -0.3 is 15.4 Å². The Kier molecular flexibility index (Phi) is 3.82. The molecule has 0 amide bonds. The molecule has 18 heavy (non-hydrogen) atoms. The van der Waals surface area contributed by atoms with Crippen LogP contribution < -0.4 is 10.6 Å². The SMILES string of the molecule is Cc1cc(C(N)=S)cc(N2CC(C)OC(C)C2)n1. The first-order valence-corrected chi connectivity index (χ1v) is 6.55. The molecule has 0 aromatic carbocycles. The van der Waals surface area contributed by atoms with Crippen molar-refractivity contribution in [2.75, 3.05) is 18.0 Å². The second-order valence-electron chi connectivity index (χ2n) is 4.88. The van der Waals surface area contributed by atoms with Gasteiger partial charge >= 0.3 is 0 Å². The lowest BCUT2D eigenvalue weighted by Gasteiger charge is -2.36. The number of nitrogens with zero attached hydrogens (tertiary/aromatic N) is 2. The van der Waals surface area contributed by atoms with Gasteiger partial charge in [0.2, 0.25) is 0 Å². The summed E-state index contributed by atoms with van der Waals surface area (Å²) >= 11 is 5.04. The predicted octanol–water partition coefficient (Wildman–Crippen LogP) is 1.64. The third-order valence-electron chi connectivity index (χ3n) is 2.97. The number of aryl methyl sites for hydroxylation is 1. The average Bonchev–Trinajstić information content (AvgIpc) is 2.26. The molecule has 2 unspecified atom stereocenters.